The number of hydrogen-bond acceptors (Lipinski definition) is 3. The van der Waals surface area contributed by atoms with Crippen molar-refractivity contribution in [3.05, 3.63) is 54.6 Å². The minimum absolute atomic E-state index is 0.0825. The predicted octanol–water partition coefficient (Wildman–Crippen LogP) is 2.81. The summed E-state index contributed by atoms with van der Waals surface area (Å²) in [4.78, 5) is 15.3. The standard InChI is InChI=1S/C15H16FN3O2/c1-11(21-12-5-3-2-4-6-12)9-18-15(20)19-14-7-8-17-10-13(14)16/h2-8,10-11H,9H2,1H3,(H2,17,18,19,20). The summed E-state index contributed by atoms with van der Waals surface area (Å²) in [6.07, 6.45) is 2.23. The minimum Gasteiger partial charge on any atom is -0.489 e. The van der Waals surface area contributed by atoms with Gasteiger partial charge in [0.1, 0.15) is 11.9 Å². The summed E-state index contributed by atoms with van der Waals surface area (Å²) in [5.41, 5.74) is 0.0825. The average Bonchev–Trinajstić information content (AvgIpc) is 2.49. The van der Waals surface area contributed by atoms with E-state index >= 15 is 0 Å². The second kappa shape index (κ2) is 7.23. The Morgan fingerprint density at radius 2 is 2.10 bits per heavy atom. The van der Waals surface area contributed by atoms with Gasteiger partial charge in [-0.2, -0.15) is 0 Å². The van der Waals surface area contributed by atoms with E-state index in [1.54, 1.807) is 0 Å². The first kappa shape index (κ1) is 14.8. The van der Waals surface area contributed by atoms with Crippen LogP contribution in [0.15, 0.2) is 48.8 Å². The van der Waals surface area contributed by atoms with E-state index in [1.807, 2.05) is 37.3 Å². The average molecular weight is 289 g/mol. The van der Waals surface area contributed by atoms with Gasteiger partial charge in [0.25, 0.3) is 0 Å². The molecule has 0 bridgehead atoms. The Morgan fingerprint density at radius 1 is 1.33 bits per heavy atom. The molecule has 0 aliphatic carbocycles. The van der Waals surface area contributed by atoms with Gasteiger partial charge < -0.3 is 15.4 Å². The Bertz CT molecular complexity index is 592. The number of rotatable bonds is 5. The molecule has 21 heavy (non-hydrogen) atoms. The molecule has 0 saturated heterocycles. The molecule has 1 aromatic heterocycles. The molecule has 2 amide bonds. The summed E-state index contributed by atoms with van der Waals surface area (Å²) in [5.74, 6) is 0.147. The third kappa shape index (κ3) is 4.76. The highest BCUT2D eigenvalue weighted by molar-refractivity contribution is 5.89. The van der Waals surface area contributed by atoms with E-state index in [-0.39, 0.29) is 11.8 Å². The molecule has 110 valence electrons. The molecular formula is C15H16FN3O2. The van der Waals surface area contributed by atoms with E-state index in [4.69, 9.17) is 4.74 Å². The lowest BCUT2D eigenvalue weighted by Gasteiger charge is -2.15. The van der Waals surface area contributed by atoms with E-state index in [1.165, 1.54) is 12.3 Å². The number of halogens is 1. The molecule has 0 aliphatic rings. The van der Waals surface area contributed by atoms with Crippen molar-refractivity contribution in [2.24, 2.45) is 0 Å². The molecule has 1 atom stereocenters. The van der Waals surface area contributed by atoms with Crippen molar-refractivity contribution in [1.82, 2.24) is 10.3 Å². The van der Waals surface area contributed by atoms with E-state index in [9.17, 15) is 9.18 Å². The van der Waals surface area contributed by atoms with Crippen LogP contribution >= 0.6 is 0 Å². The number of hydrogen-bond donors (Lipinski definition) is 2. The second-order valence-electron chi connectivity index (χ2n) is 4.43. The summed E-state index contributed by atoms with van der Waals surface area (Å²) < 4.78 is 18.9. The number of para-hydroxylation sites is 1. The molecule has 0 aliphatic heterocycles. The van der Waals surface area contributed by atoms with Crippen LogP contribution in [-0.2, 0) is 0 Å². The predicted molar refractivity (Wildman–Crippen MR) is 77.7 cm³/mol. The maximum atomic E-state index is 13.3. The van der Waals surface area contributed by atoms with Crippen molar-refractivity contribution in [2.45, 2.75) is 13.0 Å². The van der Waals surface area contributed by atoms with E-state index in [2.05, 4.69) is 15.6 Å². The monoisotopic (exact) mass is 289 g/mol. The van der Waals surface area contributed by atoms with Gasteiger partial charge in [-0.05, 0) is 25.1 Å². The van der Waals surface area contributed by atoms with Crippen LogP contribution in [0.3, 0.4) is 0 Å². The van der Waals surface area contributed by atoms with Gasteiger partial charge in [0.15, 0.2) is 5.82 Å². The third-order valence-electron chi connectivity index (χ3n) is 2.65. The Labute approximate surface area is 122 Å². The van der Waals surface area contributed by atoms with Gasteiger partial charge >= 0.3 is 6.03 Å². The van der Waals surface area contributed by atoms with Crippen molar-refractivity contribution in [1.29, 1.82) is 0 Å². The van der Waals surface area contributed by atoms with Crippen LogP contribution in [0.2, 0.25) is 0 Å². The molecule has 0 saturated carbocycles. The van der Waals surface area contributed by atoms with Gasteiger partial charge in [-0.3, -0.25) is 4.98 Å². The first-order valence-corrected chi connectivity index (χ1v) is 6.51. The largest absolute Gasteiger partial charge is 0.489 e. The summed E-state index contributed by atoms with van der Waals surface area (Å²) in [6.45, 7) is 2.13. The van der Waals surface area contributed by atoms with Crippen molar-refractivity contribution >= 4 is 11.7 Å². The number of pyridine rings is 1. The number of carbonyl (C=O) groups is 1. The number of aromatic nitrogens is 1. The SMILES string of the molecule is CC(CNC(=O)Nc1ccncc1F)Oc1ccccc1. The van der Waals surface area contributed by atoms with Crippen molar-refractivity contribution in [3.8, 4) is 5.75 Å². The van der Waals surface area contributed by atoms with Crippen LogP contribution in [0.4, 0.5) is 14.9 Å². The number of nitrogens with one attached hydrogen (secondary N) is 2. The van der Waals surface area contributed by atoms with Gasteiger partial charge in [0, 0.05) is 6.20 Å². The van der Waals surface area contributed by atoms with Crippen molar-refractivity contribution < 1.29 is 13.9 Å². The normalized spacial score (nSPS) is 11.5. The zero-order valence-corrected chi connectivity index (χ0v) is 11.5. The molecule has 6 heteroatoms. The molecule has 2 rings (SSSR count). The Kier molecular flexibility index (Phi) is 5.09. The van der Waals surface area contributed by atoms with Crippen molar-refractivity contribution in [2.75, 3.05) is 11.9 Å². The molecule has 0 radical (unpaired) electrons. The zero-order valence-electron chi connectivity index (χ0n) is 11.5. The fourth-order valence-corrected chi connectivity index (χ4v) is 1.65. The van der Waals surface area contributed by atoms with Crippen LogP contribution < -0.4 is 15.4 Å². The van der Waals surface area contributed by atoms with Gasteiger partial charge in [-0.25, -0.2) is 9.18 Å². The second-order valence-corrected chi connectivity index (χ2v) is 4.43. The molecule has 2 aromatic rings. The minimum atomic E-state index is -0.582. The molecule has 5 nitrogen and oxygen atoms in total. The highest BCUT2D eigenvalue weighted by atomic mass is 19.1. The lowest BCUT2D eigenvalue weighted by molar-refractivity contribution is 0.212. The van der Waals surface area contributed by atoms with Crippen LogP contribution in [0.5, 0.6) is 5.75 Å². The molecule has 1 aromatic carbocycles. The summed E-state index contributed by atoms with van der Waals surface area (Å²) in [6, 6.07) is 10.2. The maximum absolute atomic E-state index is 13.3. The van der Waals surface area contributed by atoms with E-state index in [0.717, 1.165) is 11.9 Å². The number of ether oxygens (including phenoxy) is 1. The van der Waals surface area contributed by atoms with Gasteiger partial charge in [-0.15, -0.1) is 0 Å². The molecule has 1 unspecified atom stereocenters. The Morgan fingerprint density at radius 3 is 2.81 bits per heavy atom. The number of amides is 2. The lowest BCUT2D eigenvalue weighted by Crippen LogP contribution is -2.36. The zero-order chi connectivity index (χ0) is 15.1. The molecular weight excluding hydrogens is 273 g/mol. The van der Waals surface area contributed by atoms with E-state index in [0.29, 0.717) is 6.54 Å². The third-order valence-corrected chi connectivity index (χ3v) is 2.65. The molecule has 2 N–H and O–H groups in total. The Balaban J connectivity index is 1.77. The highest BCUT2D eigenvalue weighted by Gasteiger charge is 2.09. The van der Waals surface area contributed by atoms with Gasteiger partial charge in [-0.1, -0.05) is 18.2 Å². The maximum Gasteiger partial charge on any atom is 0.319 e. The highest BCUT2D eigenvalue weighted by Crippen LogP contribution is 2.11. The fraction of sp³-hybridized carbons (Fsp3) is 0.200. The molecule has 0 spiro atoms. The number of nitrogens with zero attached hydrogens (tertiary/aromatic N) is 1. The number of anilines is 1. The first-order chi connectivity index (χ1) is 10.1. The first-order valence-electron chi connectivity index (χ1n) is 6.51. The smallest absolute Gasteiger partial charge is 0.319 e. The Hall–Kier alpha value is -2.63. The fourth-order valence-electron chi connectivity index (χ4n) is 1.65. The molecule has 1 heterocycles. The summed E-state index contributed by atoms with van der Waals surface area (Å²) >= 11 is 0. The van der Waals surface area contributed by atoms with Crippen LogP contribution in [0, 0.1) is 5.82 Å². The van der Waals surface area contributed by atoms with Crippen molar-refractivity contribution in [3.63, 3.8) is 0 Å². The number of urea groups is 1. The topological polar surface area (TPSA) is 63.2 Å². The molecule has 0 fully saturated rings. The van der Waals surface area contributed by atoms with Crippen LogP contribution in [0.25, 0.3) is 0 Å². The van der Waals surface area contributed by atoms with E-state index < -0.39 is 11.8 Å². The number of benzene rings is 1. The summed E-state index contributed by atoms with van der Waals surface area (Å²) in [7, 11) is 0. The van der Waals surface area contributed by atoms with Crippen LogP contribution in [-0.4, -0.2) is 23.7 Å². The quantitative estimate of drug-likeness (QED) is 0.889. The number of carbonyl (C=O) groups excluding carboxylic acids is 1. The van der Waals surface area contributed by atoms with Gasteiger partial charge in [0.2, 0.25) is 0 Å². The summed E-state index contributed by atoms with van der Waals surface area (Å²) in [5, 5.41) is 5.03. The lowest BCUT2D eigenvalue weighted by atomic mass is 10.3. The van der Waals surface area contributed by atoms with Gasteiger partial charge in [0.05, 0.1) is 18.4 Å². The van der Waals surface area contributed by atoms with Crippen LogP contribution in [0.1, 0.15) is 6.92 Å².